The average Bonchev–Trinajstić information content (AvgIpc) is 2.66. The van der Waals surface area contributed by atoms with Gasteiger partial charge in [-0.1, -0.05) is 0 Å². The van der Waals surface area contributed by atoms with Gasteiger partial charge in [-0.25, -0.2) is 0 Å². The maximum atomic E-state index is 11.9. The Labute approximate surface area is 90.6 Å². The number of nitrogens with one attached hydrogen (secondary N) is 1. The van der Waals surface area contributed by atoms with Gasteiger partial charge in [0.1, 0.15) is 0 Å². The van der Waals surface area contributed by atoms with Gasteiger partial charge in [-0.2, -0.15) is 0 Å². The molecule has 2 heterocycles. The van der Waals surface area contributed by atoms with Crippen molar-refractivity contribution in [3.05, 3.63) is 0 Å². The van der Waals surface area contributed by atoms with Crippen molar-refractivity contribution in [2.45, 2.75) is 31.8 Å². The minimum atomic E-state index is -0.290. The summed E-state index contributed by atoms with van der Waals surface area (Å²) in [7, 11) is 0. The van der Waals surface area contributed by atoms with Crippen molar-refractivity contribution in [1.29, 1.82) is 0 Å². The number of likely N-dealkylation sites (tertiary alicyclic amines) is 1. The van der Waals surface area contributed by atoms with Crippen LogP contribution in [0.4, 0.5) is 0 Å². The second-order valence-electron chi connectivity index (χ2n) is 4.68. The van der Waals surface area contributed by atoms with E-state index in [0.717, 1.165) is 38.9 Å². The molecule has 0 saturated carbocycles. The van der Waals surface area contributed by atoms with E-state index in [4.69, 9.17) is 0 Å². The number of nitrogens with zero attached hydrogens (tertiary/aromatic N) is 1. The van der Waals surface area contributed by atoms with Crippen LogP contribution in [0.25, 0.3) is 0 Å². The van der Waals surface area contributed by atoms with E-state index in [2.05, 4.69) is 5.32 Å². The first kappa shape index (κ1) is 10.9. The molecule has 2 rings (SSSR count). The van der Waals surface area contributed by atoms with E-state index in [9.17, 15) is 9.90 Å². The minimum Gasteiger partial charge on any atom is -0.391 e. The smallest absolute Gasteiger partial charge is 0.222 e. The standard InChI is InChI=1S/C11H20N2O2/c14-10-3-6-13(8-10)11(15)7-9-1-4-12-5-2-9/h9-10,12,14H,1-8H2. The van der Waals surface area contributed by atoms with Gasteiger partial charge < -0.3 is 15.3 Å². The summed E-state index contributed by atoms with van der Waals surface area (Å²) >= 11 is 0. The number of piperidine rings is 1. The number of hydrogen-bond acceptors (Lipinski definition) is 3. The molecule has 0 spiro atoms. The molecule has 0 radical (unpaired) electrons. The van der Waals surface area contributed by atoms with E-state index in [1.54, 1.807) is 0 Å². The Morgan fingerprint density at radius 1 is 1.33 bits per heavy atom. The Balaban J connectivity index is 1.76. The number of hydrogen-bond donors (Lipinski definition) is 2. The molecule has 1 unspecified atom stereocenters. The van der Waals surface area contributed by atoms with Crippen LogP contribution in [-0.2, 0) is 4.79 Å². The predicted octanol–water partition coefficient (Wildman–Crippen LogP) is -0.0307. The lowest BCUT2D eigenvalue weighted by molar-refractivity contribution is -0.131. The highest BCUT2D eigenvalue weighted by Crippen LogP contribution is 2.19. The summed E-state index contributed by atoms with van der Waals surface area (Å²) in [5, 5.41) is 12.7. The molecular formula is C11H20N2O2. The summed E-state index contributed by atoms with van der Waals surface area (Å²) in [6, 6.07) is 0. The number of aliphatic hydroxyl groups is 1. The van der Waals surface area contributed by atoms with Gasteiger partial charge in [-0.05, 0) is 38.3 Å². The van der Waals surface area contributed by atoms with Crippen LogP contribution in [0.1, 0.15) is 25.7 Å². The zero-order chi connectivity index (χ0) is 10.7. The lowest BCUT2D eigenvalue weighted by atomic mass is 9.94. The lowest BCUT2D eigenvalue weighted by Gasteiger charge is -2.24. The first-order valence-electron chi connectivity index (χ1n) is 5.92. The fraction of sp³-hybridized carbons (Fsp3) is 0.909. The Hall–Kier alpha value is -0.610. The van der Waals surface area contributed by atoms with E-state index in [0.29, 0.717) is 18.9 Å². The number of rotatable bonds is 2. The SMILES string of the molecule is O=C(CC1CCNCC1)N1CCC(O)C1. The van der Waals surface area contributed by atoms with Crippen LogP contribution in [-0.4, -0.2) is 48.2 Å². The zero-order valence-electron chi connectivity index (χ0n) is 9.11. The molecule has 0 aliphatic carbocycles. The van der Waals surface area contributed by atoms with Gasteiger partial charge in [-0.3, -0.25) is 4.79 Å². The third-order valence-electron chi connectivity index (χ3n) is 3.44. The molecule has 0 aromatic carbocycles. The van der Waals surface area contributed by atoms with Crippen molar-refractivity contribution in [3.8, 4) is 0 Å². The highest BCUT2D eigenvalue weighted by molar-refractivity contribution is 5.76. The number of amides is 1. The quantitative estimate of drug-likeness (QED) is 0.676. The summed E-state index contributed by atoms with van der Waals surface area (Å²) < 4.78 is 0. The van der Waals surface area contributed by atoms with Gasteiger partial charge in [0.05, 0.1) is 6.10 Å². The molecule has 4 heteroatoms. The number of carbonyl (C=O) groups excluding carboxylic acids is 1. The molecule has 2 aliphatic heterocycles. The Kier molecular flexibility index (Phi) is 3.59. The summed E-state index contributed by atoms with van der Waals surface area (Å²) in [5.41, 5.74) is 0. The van der Waals surface area contributed by atoms with Gasteiger partial charge in [0, 0.05) is 19.5 Å². The molecule has 0 bridgehead atoms. The van der Waals surface area contributed by atoms with Crippen LogP contribution in [0, 0.1) is 5.92 Å². The predicted molar refractivity (Wildman–Crippen MR) is 57.4 cm³/mol. The molecule has 2 N–H and O–H groups in total. The lowest BCUT2D eigenvalue weighted by Crippen LogP contribution is -2.34. The maximum Gasteiger partial charge on any atom is 0.222 e. The molecule has 0 aromatic rings. The first-order chi connectivity index (χ1) is 7.25. The van der Waals surface area contributed by atoms with Gasteiger partial charge in [0.15, 0.2) is 0 Å². The third-order valence-corrected chi connectivity index (χ3v) is 3.44. The normalized spacial score (nSPS) is 28.3. The van der Waals surface area contributed by atoms with Crippen molar-refractivity contribution in [2.75, 3.05) is 26.2 Å². The first-order valence-corrected chi connectivity index (χ1v) is 5.92. The molecule has 2 saturated heterocycles. The van der Waals surface area contributed by atoms with Gasteiger partial charge in [-0.15, -0.1) is 0 Å². The minimum absolute atomic E-state index is 0.235. The summed E-state index contributed by atoms with van der Waals surface area (Å²) in [6.07, 6.45) is 3.36. The van der Waals surface area contributed by atoms with Crippen molar-refractivity contribution >= 4 is 5.91 Å². The van der Waals surface area contributed by atoms with E-state index < -0.39 is 0 Å². The molecule has 2 aliphatic rings. The number of aliphatic hydroxyl groups excluding tert-OH is 1. The molecule has 0 aromatic heterocycles. The van der Waals surface area contributed by atoms with Crippen LogP contribution in [0.15, 0.2) is 0 Å². The van der Waals surface area contributed by atoms with Crippen molar-refractivity contribution in [3.63, 3.8) is 0 Å². The monoisotopic (exact) mass is 212 g/mol. The Morgan fingerprint density at radius 2 is 2.07 bits per heavy atom. The second kappa shape index (κ2) is 4.94. The van der Waals surface area contributed by atoms with Crippen LogP contribution in [0.3, 0.4) is 0 Å². The number of β-amino-alcohol motifs (C(OH)–C–C–N with tert-alkyl or cyclic N) is 1. The van der Waals surface area contributed by atoms with Crippen molar-refractivity contribution < 1.29 is 9.90 Å². The van der Waals surface area contributed by atoms with Gasteiger partial charge in [0.2, 0.25) is 5.91 Å². The van der Waals surface area contributed by atoms with E-state index in [-0.39, 0.29) is 12.0 Å². The highest BCUT2D eigenvalue weighted by Gasteiger charge is 2.26. The largest absolute Gasteiger partial charge is 0.391 e. The van der Waals surface area contributed by atoms with Gasteiger partial charge >= 0.3 is 0 Å². The molecular weight excluding hydrogens is 192 g/mol. The van der Waals surface area contributed by atoms with Crippen molar-refractivity contribution in [1.82, 2.24) is 10.2 Å². The number of carbonyl (C=O) groups is 1. The fourth-order valence-corrected chi connectivity index (χ4v) is 2.43. The zero-order valence-corrected chi connectivity index (χ0v) is 9.11. The Bertz CT molecular complexity index is 227. The molecule has 15 heavy (non-hydrogen) atoms. The average molecular weight is 212 g/mol. The molecule has 4 nitrogen and oxygen atoms in total. The third kappa shape index (κ3) is 2.92. The highest BCUT2D eigenvalue weighted by atomic mass is 16.3. The molecule has 1 amide bonds. The fourth-order valence-electron chi connectivity index (χ4n) is 2.43. The van der Waals surface area contributed by atoms with Gasteiger partial charge in [0.25, 0.3) is 0 Å². The molecule has 86 valence electrons. The summed E-state index contributed by atoms with van der Waals surface area (Å²) in [5.74, 6) is 0.787. The Morgan fingerprint density at radius 3 is 2.67 bits per heavy atom. The van der Waals surface area contributed by atoms with E-state index in [1.807, 2.05) is 4.90 Å². The second-order valence-corrected chi connectivity index (χ2v) is 4.68. The van der Waals surface area contributed by atoms with Crippen LogP contribution in [0.5, 0.6) is 0 Å². The van der Waals surface area contributed by atoms with E-state index >= 15 is 0 Å². The van der Waals surface area contributed by atoms with Crippen molar-refractivity contribution in [2.24, 2.45) is 5.92 Å². The van der Waals surface area contributed by atoms with Crippen LogP contribution < -0.4 is 5.32 Å². The maximum absolute atomic E-state index is 11.9. The summed E-state index contributed by atoms with van der Waals surface area (Å²) in [6.45, 7) is 3.37. The molecule has 2 fully saturated rings. The van der Waals surface area contributed by atoms with Crippen LogP contribution in [0.2, 0.25) is 0 Å². The summed E-state index contributed by atoms with van der Waals surface area (Å²) in [4.78, 5) is 13.7. The van der Waals surface area contributed by atoms with E-state index in [1.165, 1.54) is 0 Å². The van der Waals surface area contributed by atoms with Crippen LogP contribution >= 0.6 is 0 Å². The topological polar surface area (TPSA) is 52.6 Å². The molecule has 1 atom stereocenters.